The van der Waals surface area contributed by atoms with Crippen molar-refractivity contribution in [3.05, 3.63) is 59.3 Å². The highest BCUT2D eigenvalue weighted by Gasteiger charge is 2.35. The third-order valence-corrected chi connectivity index (χ3v) is 5.72. The molecule has 0 saturated carbocycles. The zero-order valence-electron chi connectivity index (χ0n) is 18.3. The van der Waals surface area contributed by atoms with Gasteiger partial charge in [-0.2, -0.15) is 0 Å². The van der Waals surface area contributed by atoms with Crippen molar-refractivity contribution in [2.24, 2.45) is 0 Å². The minimum absolute atomic E-state index is 0.140. The van der Waals surface area contributed by atoms with E-state index in [2.05, 4.69) is 79.7 Å². The fraction of sp³-hybridized carbons (Fsp3) is 0.542. The monoisotopic (exact) mass is 381 g/mol. The van der Waals surface area contributed by atoms with E-state index >= 15 is 0 Å². The Hall–Kier alpha value is -1.91. The van der Waals surface area contributed by atoms with E-state index in [-0.39, 0.29) is 5.54 Å². The second-order valence-corrected chi connectivity index (χ2v) is 9.11. The fourth-order valence-corrected chi connectivity index (χ4v) is 4.31. The zero-order valence-corrected chi connectivity index (χ0v) is 18.3. The lowest BCUT2D eigenvalue weighted by Crippen LogP contribution is -2.55. The summed E-state index contributed by atoms with van der Waals surface area (Å²) in [6, 6.07) is 13.5. The van der Waals surface area contributed by atoms with E-state index in [4.69, 9.17) is 4.74 Å². The zero-order chi connectivity index (χ0) is 20.3. The summed E-state index contributed by atoms with van der Waals surface area (Å²) in [4.78, 5) is 9.49. The molecule has 0 N–H and O–H groups in total. The van der Waals surface area contributed by atoms with Crippen molar-refractivity contribution in [3.63, 3.8) is 0 Å². The highest BCUT2D eigenvalue weighted by atomic mass is 16.5. The molecule has 0 spiro atoms. The third kappa shape index (κ3) is 4.73. The summed E-state index contributed by atoms with van der Waals surface area (Å²) in [6.45, 7) is 15.7. The van der Waals surface area contributed by atoms with Gasteiger partial charge >= 0.3 is 0 Å². The Bertz CT molecular complexity index is 781. The molecule has 0 bridgehead atoms. The number of benzene rings is 1. The van der Waals surface area contributed by atoms with Crippen LogP contribution in [0.25, 0.3) is 0 Å². The molecule has 1 aliphatic heterocycles. The van der Waals surface area contributed by atoms with Crippen molar-refractivity contribution in [2.45, 2.75) is 58.7 Å². The molecule has 1 unspecified atom stereocenters. The second-order valence-electron chi connectivity index (χ2n) is 9.11. The van der Waals surface area contributed by atoms with Crippen LogP contribution in [0.2, 0.25) is 0 Å². The van der Waals surface area contributed by atoms with Gasteiger partial charge in [0.15, 0.2) is 0 Å². The third-order valence-electron chi connectivity index (χ3n) is 5.72. The standard InChI is InChI=1S/C24H35N3O/c1-18(2)20-9-7-8-10-21(20)22-17-26(13-14-27(22)24(3,4)5)16-19-11-12-25-23(15-19)28-6/h7-12,15,18,22H,13-14,16-17H2,1-6H3. The van der Waals surface area contributed by atoms with Gasteiger partial charge in [-0.25, -0.2) is 4.98 Å². The van der Waals surface area contributed by atoms with Crippen molar-refractivity contribution in [1.82, 2.24) is 14.8 Å². The summed E-state index contributed by atoms with van der Waals surface area (Å²) in [5.74, 6) is 1.21. The Kier molecular flexibility index (Phi) is 6.41. The lowest BCUT2D eigenvalue weighted by Gasteiger charge is -2.49. The largest absolute Gasteiger partial charge is 0.481 e. The first-order valence-electron chi connectivity index (χ1n) is 10.4. The average molecular weight is 382 g/mol. The first-order chi connectivity index (χ1) is 13.3. The summed E-state index contributed by atoms with van der Waals surface area (Å²) in [5.41, 5.74) is 4.34. The van der Waals surface area contributed by atoms with Gasteiger partial charge in [-0.3, -0.25) is 9.80 Å². The highest BCUT2D eigenvalue weighted by molar-refractivity contribution is 5.33. The van der Waals surface area contributed by atoms with Crippen LogP contribution in [0, 0.1) is 0 Å². The quantitative estimate of drug-likeness (QED) is 0.739. The van der Waals surface area contributed by atoms with E-state index < -0.39 is 0 Å². The number of ether oxygens (including phenoxy) is 1. The van der Waals surface area contributed by atoms with Crippen LogP contribution in [-0.2, 0) is 6.54 Å². The Morgan fingerprint density at radius 1 is 1.14 bits per heavy atom. The number of rotatable bonds is 5. The Morgan fingerprint density at radius 2 is 1.89 bits per heavy atom. The van der Waals surface area contributed by atoms with Crippen molar-refractivity contribution in [2.75, 3.05) is 26.7 Å². The molecule has 4 nitrogen and oxygen atoms in total. The molecule has 0 amide bonds. The molecule has 1 saturated heterocycles. The average Bonchev–Trinajstić information content (AvgIpc) is 2.67. The first-order valence-corrected chi connectivity index (χ1v) is 10.4. The van der Waals surface area contributed by atoms with E-state index in [0.29, 0.717) is 17.8 Å². The molecule has 0 aliphatic carbocycles. The number of hydrogen-bond donors (Lipinski definition) is 0. The van der Waals surface area contributed by atoms with E-state index in [1.165, 1.54) is 16.7 Å². The predicted molar refractivity (Wildman–Crippen MR) is 116 cm³/mol. The maximum absolute atomic E-state index is 5.30. The number of piperazine rings is 1. The SMILES string of the molecule is COc1cc(CN2CCN(C(C)(C)C)C(c3ccccc3C(C)C)C2)ccn1. The minimum Gasteiger partial charge on any atom is -0.481 e. The molecule has 1 aliphatic rings. The highest BCUT2D eigenvalue weighted by Crippen LogP contribution is 2.36. The van der Waals surface area contributed by atoms with Crippen LogP contribution in [0.3, 0.4) is 0 Å². The molecule has 1 aromatic heterocycles. The summed E-state index contributed by atoms with van der Waals surface area (Å²) in [7, 11) is 1.67. The molecule has 28 heavy (non-hydrogen) atoms. The van der Waals surface area contributed by atoms with E-state index in [1.807, 2.05) is 12.3 Å². The molecule has 1 atom stereocenters. The van der Waals surface area contributed by atoms with Crippen LogP contribution < -0.4 is 4.74 Å². The summed E-state index contributed by atoms with van der Waals surface area (Å²) >= 11 is 0. The fourth-order valence-electron chi connectivity index (χ4n) is 4.31. The van der Waals surface area contributed by atoms with Crippen molar-refractivity contribution in [3.8, 4) is 5.88 Å². The van der Waals surface area contributed by atoms with Gasteiger partial charge < -0.3 is 4.74 Å². The van der Waals surface area contributed by atoms with E-state index in [1.54, 1.807) is 7.11 Å². The van der Waals surface area contributed by atoms with Crippen molar-refractivity contribution < 1.29 is 4.74 Å². The molecule has 3 rings (SSSR count). The predicted octanol–water partition coefficient (Wildman–Crippen LogP) is 4.87. The second kappa shape index (κ2) is 8.62. The normalized spacial score (nSPS) is 19.2. The van der Waals surface area contributed by atoms with Crippen molar-refractivity contribution in [1.29, 1.82) is 0 Å². The van der Waals surface area contributed by atoms with Crippen LogP contribution in [0.15, 0.2) is 42.6 Å². The van der Waals surface area contributed by atoms with Crippen LogP contribution >= 0.6 is 0 Å². The van der Waals surface area contributed by atoms with Crippen LogP contribution in [0.1, 0.15) is 63.3 Å². The lowest BCUT2D eigenvalue weighted by molar-refractivity contribution is 0.00553. The lowest BCUT2D eigenvalue weighted by atomic mass is 9.88. The van der Waals surface area contributed by atoms with Gasteiger partial charge in [-0.1, -0.05) is 38.1 Å². The molecule has 0 radical (unpaired) electrons. The summed E-state index contributed by atoms with van der Waals surface area (Å²) in [6.07, 6.45) is 1.84. The smallest absolute Gasteiger partial charge is 0.213 e. The minimum atomic E-state index is 0.140. The van der Waals surface area contributed by atoms with Crippen molar-refractivity contribution >= 4 is 0 Å². The van der Waals surface area contributed by atoms with Gasteiger partial charge in [0.05, 0.1) is 7.11 Å². The first kappa shape index (κ1) is 20.8. The molecular formula is C24H35N3O. The van der Waals surface area contributed by atoms with E-state index in [0.717, 1.165) is 26.2 Å². The molecule has 2 aromatic rings. The Morgan fingerprint density at radius 3 is 2.57 bits per heavy atom. The number of methoxy groups -OCH3 is 1. The molecule has 1 aromatic carbocycles. The maximum atomic E-state index is 5.30. The number of hydrogen-bond acceptors (Lipinski definition) is 4. The van der Waals surface area contributed by atoms with Crippen LogP contribution in [0.4, 0.5) is 0 Å². The van der Waals surface area contributed by atoms with Gasteiger partial charge in [-0.05, 0) is 49.4 Å². The maximum Gasteiger partial charge on any atom is 0.213 e. The summed E-state index contributed by atoms with van der Waals surface area (Å²) in [5, 5.41) is 0. The molecular weight excluding hydrogens is 346 g/mol. The van der Waals surface area contributed by atoms with Gasteiger partial charge in [-0.15, -0.1) is 0 Å². The number of aromatic nitrogens is 1. The van der Waals surface area contributed by atoms with Gasteiger partial charge in [0.25, 0.3) is 0 Å². The topological polar surface area (TPSA) is 28.6 Å². The Balaban J connectivity index is 1.88. The van der Waals surface area contributed by atoms with Gasteiger partial charge in [0, 0.05) is 50.0 Å². The van der Waals surface area contributed by atoms with Gasteiger partial charge in [0.2, 0.25) is 5.88 Å². The molecule has 2 heterocycles. The van der Waals surface area contributed by atoms with Gasteiger partial charge in [0.1, 0.15) is 0 Å². The number of nitrogens with zero attached hydrogens (tertiary/aromatic N) is 3. The van der Waals surface area contributed by atoms with E-state index in [9.17, 15) is 0 Å². The molecule has 152 valence electrons. The van der Waals surface area contributed by atoms with Crippen LogP contribution in [0.5, 0.6) is 5.88 Å². The van der Waals surface area contributed by atoms with Crippen LogP contribution in [-0.4, -0.2) is 47.1 Å². The summed E-state index contributed by atoms with van der Waals surface area (Å²) < 4.78 is 5.30. The molecule has 4 heteroatoms. The number of pyridine rings is 1. The Labute approximate surface area is 170 Å². The molecule has 1 fully saturated rings.